The number of hydrogen-bond donors (Lipinski definition) is 1. The second kappa shape index (κ2) is 2.42. The molecule has 1 aromatic heterocycles. The molecular weight excluding hydrogens is 177 g/mol. The van der Waals surface area contributed by atoms with Crippen molar-refractivity contribution in [1.29, 1.82) is 0 Å². The molecule has 0 aliphatic carbocycles. The summed E-state index contributed by atoms with van der Waals surface area (Å²) in [6.07, 6.45) is 0. The summed E-state index contributed by atoms with van der Waals surface area (Å²) in [6, 6.07) is 2.92. The van der Waals surface area contributed by atoms with Crippen LogP contribution < -0.4 is 0 Å². The van der Waals surface area contributed by atoms with E-state index in [1.807, 2.05) is 0 Å². The van der Waals surface area contributed by atoms with Crippen molar-refractivity contribution >= 4 is 21.6 Å². The molecule has 0 unspecified atom stereocenters. The predicted octanol–water partition coefficient (Wildman–Crippen LogP) is 2.45. The third kappa shape index (κ3) is 0.956. The van der Waals surface area contributed by atoms with Gasteiger partial charge >= 0.3 is 0 Å². The monoisotopic (exact) mass is 183 g/mol. The zero-order valence-electron chi connectivity index (χ0n) is 6.34. The number of rotatable bonds is 0. The van der Waals surface area contributed by atoms with E-state index in [1.165, 1.54) is 17.4 Å². The van der Waals surface area contributed by atoms with Crippen LogP contribution in [-0.2, 0) is 0 Å². The fourth-order valence-corrected chi connectivity index (χ4v) is 1.91. The van der Waals surface area contributed by atoms with Crippen molar-refractivity contribution in [2.75, 3.05) is 0 Å². The third-order valence-electron chi connectivity index (χ3n) is 1.58. The third-order valence-corrected chi connectivity index (χ3v) is 2.56. The average Bonchev–Trinajstić information content (AvgIpc) is 2.39. The minimum Gasteiger partial charge on any atom is -0.505 e. The van der Waals surface area contributed by atoms with Gasteiger partial charge in [-0.15, -0.1) is 11.3 Å². The first-order chi connectivity index (χ1) is 5.68. The number of fused-ring (bicyclic) bond motifs is 1. The lowest BCUT2D eigenvalue weighted by Gasteiger charge is -1.93. The largest absolute Gasteiger partial charge is 0.505 e. The molecule has 0 saturated carbocycles. The fourth-order valence-electron chi connectivity index (χ4n) is 1.06. The van der Waals surface area contributed by atoms with Gasteiger partial charge in [0.15, 0.2) is 11.6 Å². The van der Waals surface area contributed by atoms with Crippen LogP contribution in [0.2, 0.25) is 0 Å². The summed E-state index contributed by atoms with van der Waals surface area (Å²) in [5.41, 5.74) is 0.604. The van der Waals surface area contributed by atoms with E-state index in [0.29, 0.717) is 10.2 Å². The molecule has 0 radical (unpaired) electrons. The molecule has 0 bridgehead atoms. The maximum absolute atomic E-state index is 13.1. The Kier molecular flexibility index (Phi) is 1.51. The molecule has 62 valence electrons. The summed E-state index contributed by atoms with van der Waals surface area (Å²) < 4.78 is 13.6. The van der Waals surface area contributed by atoms with Crippen LogP contribution in [-0.4, -0.2) is 10.1 Å². The molecule has 12 heavy (non-hydrogen) atoms. The molecule has 0 atom stereocenters. The zero-order valence-corrected chi connectivity index (χ0v) is 7.15. The van der Waals surface area contributed by atoms with E-state index >= 15 is 0 Å². The van der Waals surface area contributed by atoms with E-state index in [9.17, 15) is 4.39 Å². The lowest BCUT2D eigenvalue weighted by molar-refractivity contribution is 0.436. The Balaban J connectivity index is 2.89. The number of aryl methyl sites for hydroxylation is 1. The topological polar surface area (TPSA) is 33.1 Å². The lowest BCUT2D eigenvalue weighted by atomic mass is 10.3. The quantitative estimate of drug-likeness (QED) is 0.680. The minimum atomic E-state index is -0.571. The Morgan fingerprint density at radius 1 is 1.50 bits per heavy atom. The van der Waals surface area contributed by atoms with Gasteiger partial charge in [0, 0.05) is 0 Å². The highest BCUT2D eigenvalue weighted by atomic mass is 32.1. The van der Waals surface area contributed by atoms with Gasteiger partial charge in [0.25, 0.3) is 0 Å². The van der Waals surface area contributed by atoms with E-state index in [-0.39, 0.29) is 5.75 Å². The maximum atomic E-state index is 13.1. The van der Waals surface area contributed by atoms with Gasteiger partial charge in [-0.3, -0.25) is 0 Å². The van der Waals surface area contributed by atoms with Gasteiger partial charge in [0.05, 0.1) is 15.2 Å². The SMILES string of the molecule is Cc1nc2ccc(O)c(F)c2s1. The van der Waals surface area contributed by atoms with Crippen molar-refractivity contribution in [2.45, 2.75) is 6.92 Å². The predicted molar refractivity (Wildman–Crippen MR) is 46.0 cm³/mol. The summed E-state index contributed by atoms with van der Waals surface area (Å²) in [5.74, 6) is -0.885. The molecule has 0 spiro atoms. The Labute approximate surface area is 72.3 Å². The molecule has 4 heteroatoms. The Bertz CT molecular complexity index is 438. The second-order valence-electron chi connectivity index (χ2n) is 2.48. The summed E-state index contributed by atoms with van der Waals surface area (Å²) >= 11 is 1.25. The van der Waals surface area contributed by atoms with Crippen LogP contribution >= 0.6 is 11.3 Å². The lowest BCUT2D eigenvalue weighted by Crippen LogP contribution is -1.75. The minimum absolute atomic E-state index is 0.314. The first-order valence-electron chi connectivity index (χ1n) is 3.43. The number of halogens is 1. The molecule has 0 aliphatic heterocycles. The molecule has 0 aliphatic rings. The molecule has 0 saturated heterocycles. The number of phenols is 1. The van der Waals surface area contributed by atoms with E-state index in [1.54, 1.807) is 13.0 Å². The molecule has 2 aromatic rings. The Hall–Kier alpha value is -1.16. The highest BCUT2D eigenvalue weighted by Gasteiger charge is 2.09. The van der Waals surface area contributed by atoms with Crippen molar-refractivity contribution < 1.29 is 9.50 Å². The smallest absolute Gasteiger partial charge is 0.184 e. The fraction of sp³-hybridized carbons (Fsp3) is 0.125. The second-order valence-corrected chi connectivity index (χ2v) is 3.68. The Morgan fingerprint density at radius 3 is 3.00 bits per heavy atom. The van der Waals surface area contributed by atoms with Crippen molar-refractivity contribution in [3.05, 3.63) is 23.0 Å². The van der Waals surface area contributed by atoms with Crippen molar-refractivity contribution in [1.82, 2.24) is 4.98 Å². The molecule has 2 rings (SSSR count). The standard InChI is InChI=1S/C8H6FNOS/c1-4-10-5-2-3-6(11)7(9)8(5)12-4/h2-3,11H,1H3. The Morgan fingerprint density at radius 2 is 2.25 bits per heavy atom. The van der Waals surface area contributed by atoms with E-state index in [4.69, 9.17) is 5.11 Å². The molecule has 2 nitrogen and oxygen atoms in total. The highest BCUT2D eigenvalue weighted by Crippen LogP contribution is 2.29. The first kappa shape index (κ1) is 7.49. The van der Waals surface area contributed by atoms with Crippen LogP contribution in [0.4, 0.5) is 4.39 Å². The van der Waals surface area contributed by atoms with E-state index in [2.05, 4.69) is 4.98 Å². The summed E-state index contributed by atoms with van der Waals surface area (Å²) in [4.78, 5) is 4.08. The first-order valence-corrected chi connectivity index (χ1v) is 4.25. The number of thiazole rings is 1. The van der Waals surface area contributed by atoms with Gasteiger partial charge < -0.3 is 5.11 Å². The summed E-state index contributed by atoms with van der Waals surface area (Å²) in [7, 11) is 0. The number of aromatic hydroxyl groups is 1. The van der Waals surface area contributed by atoms with Gasteiger partial charge in [0.1, 0.15) is 0 Å². The van der Waals surface area contributed by atoms with Crippen LogP contribution in [0.25, 0.3) is 10.2 Å². The van der Waals surface area contributed by atoms with Crippen molar-refractivity contribution in [3.63, 3.8) is 0 Å². The van der Waals surface area contributed by atoms with Crippen LogP contribution in [0.15, 0.2) is 12.1 Å². The number of hydrogen-bond acceptors (Lipinski definition) is 3. The van der Waals surface area contributed by atoms with Gasteiger partial charge in [-0.05, 0) is 19.1 Å². The van der Waals surface area contributed by atoms with Crippen molar-refractivity contribution in [2.24, 2.45) is 0 Å². The average molecular weight is 183 g/mol. The van der Waals surface area contributed by atoms with E-state index in [0.717, 1.165) is 5.01 Å². The van der Waals surface area contributed by atoms with Gasteiger partial charge in [-0.2, -0.15) is 0 Å². The zero-order chi connectivity index (χ0) is 8.72. The van der Waals surface area contributed by atoms with Crippen LogP contribution in [0, 0.1) is 12.7 Å². The number of aromatic nitrogens is 1. The van der Waals surface area contributed by atoms with Crippen LogP contribution in [0.3, 0.4) is 0 Å². The molecule has 1 heterocycles. The van der Waals surface area contributed by atoms with Crippen LogP contribution in [0.5, 0.6) is 5.75 Å². The van der Waals surface area contributed by atoms with Crippen molar-refractivity contribution in [3.8, 4) is 5.75 Å². The number of phenolic OH excluding ortho intramolecular Hbond substituents is 1. The number of benzene rings is 1. The molecule has 0 fully saturated rings. The van der Waals surface area contributed by atoms with E-state index < -0.39 is 5.82 Å². The van der Waals surface area contributed by atoms with Gasteiger partial charge in [-0.25, -0.2) is 9.37 Å². The summed E-state index contributed by atoms with van der Waals surface area (Å²) in [5, 5.41) is 9.83. The number of nitrogens with zero attached hydrogens (tertiary/aromatic N) is 1. The van der Waals surface area contributed by atoms with Crippen LogP contribution in [0.1, 0.15) is 5.01 Å². The molecule has 1 N–H and O–H groups in total. The molecular formula is C8H6FNOS. The maximum Gasteiger partial charge on any atom is 0.184 e. The van der Waals surface area contributed by atoms with Gasteiger partial charge in [-0.1, -0.05) is 0 Å². The summed E-state index contributed by atoms with van der Waals surface area (Å²) in [6.45, 7) is 1.81. The van der Waals surface area contributed by atoms with Gasteiger partial charge in [0.2, 0.25) is 0 Å². The molecule has 1 aromatic carbocycles. The normalized spacial score (nSPS) is 10.8. The highest BCUT2D eigenvalue weighted by molar-refractivity contribution is 7.18. The molecule has 0 amide bonds.